The van der Waals surface area contributed by atoms with E-state index >= 15 is 0 Å². The summed E-state index contributed by atoms with van der Waals surface area (Å²) in [5.41, 5.74) is 0.827. The number of thiazole rings is 1. The Bertz CT molecular complexity index is 948. The highest BCUT2D eigenvalue weighted by atomic mass is 35.5. The molecule has 0 aliphatic rings. The first-order chi connectivity index (χ1) is 13.4. The van der Waals surface area contributed by atoms with Gasteiger partial charge >= 0.3 is 0 Å². The molecule has 0 fully saturated rings. The molecular weight excluding hydrogens is 453 g/mol. The van der Waals surface area contributed by atoms with Crippen LogP contribution in [0.2, 0.25) is 10.0 Å². The van der Waals surface area contributed by atoms with Crippen LogP contribution in [0.3, 0.4) is 0 Å². The quantitative estimate of drug-likeness (QED) is 0.439. The highest BCUT2D eigenvalue weighted by molar-refractivity contribution is 7.22. The van der Waals surface area contributed by atoms with Crippen molar-refractivity contribution in [3.05, 3.63) is 52.5 Å². The molecule has 1 amide bonds. The van der Waals surface area contributed by atoms with Gasteiger partial charge in [-0.05, 0) is 69.5 Å². The van der Waals surface area contributed by atoms with Crippen LogP contribution in [0, 0.1) is 0 Å². The Morgan fingerprint density at radius 2 is 1.76 bits per heavy atom. The van der Waals surface area contributed by atoms with E-state index in [0.29, 0.717) is 27.5 Å². The Balaban J connectivity index is 0.00000300. The zero-order valence-electron chi connectivity index (χ0n) is 16.1. The van der Waals surface area contributed by atoms with Gasteiger partial charge in [-0.1, -0.05) is 34.5 Å². The number of carbonyl (C=O) groups excluding carboxylic acids is 1. The topological polar surface area (TPSA) is 45.7 Å². The van der Waals surface area contributed by atoms with Gasteiger partial charge in [0.05, 0.1) is 10.2 Å². The lowest BCUT2D eigenvalue weighted by Gasteiger charge is -2.21. The summed E-state index contributed by atoms with van der Waals surface area (Å²) in [5, 5.41) is 1.93. The second-order valence-corrected chi connectivity index (χ2v) is 8.44. The molecular formula is C20H22Cl3N3O2S. The molecule has 29 heavy (non-hydrogen) atoms. The summed E-state index contributed by atoms with van der Waals surface area (Å²) in [6.07, 6.45) is 0.830. The van der Waals surface area contributed by atoms with Crippen molar-refractivity contribution < 1.29 is 9.53 Å². The SMILES string of the molecule is CN(C)CCCN(C(=O)COc1ccc(Cl)cc1)c1nc2ccc(Cl)cc2s1.Cl. The van der Waals surface area contributed by atoms with Gasteiger partial charge in [0.15, 0.2) is 11.7 Å². The number of amides is 1. The third-order valence-corrected chi connectivity index (χ3v) is 5.56. The fourth-order valence-corrected chi connectivity index (χ4v) is 4.04. The largest absolute Gasteiger partial charge is 0.484 e. The molecule has 0 saturated heterocycles. The summed E-state index contributed by atoms with van der Waals surface area (Å²) in [7, 11) is 4.02. The minimum absolute atomic E-state index is 0. The van der Waals surface area contributed by atoms with Crippen molar-refractivity contribution in [1.82, 2.24) is 9.88 Å². The van der Waals surface area contributed by atoms with E-state index in [2.05, 4.69) is 9.88 Å². The molecule has 0 atom stereocenters. The van der Waals surface area contributed by atoms with Crippen molar-refractivity contribution in [3.63, 3.8) is 0 Å². The highest BCUT2D eigenvalue weighted by Gasteiger charge is 2.20. The van der Waals surface area contributed by atoms with Crippen LogP contribution in [0.4, 0.5) is 5.13 Å². The Hall–Kier alpha value is -1.57. The van der Waals surface area contributed by atoms with E-state index in [0.717, 1.165) is 23.2 Å². The second-order valence-electron chi connectivity index (χ2n) is 6.55. The number of anilines is 1. The molecule has 156 valence electrons. The second kappa shape index (κ2) is 11.0. The van der Waals surface area contributed by atoms with Crippen molar-refractivity contribution in [3.8, 4) is 5.75 Å². The lowest BCUT2D eigenvalue weighted by atomic mass is 10.3. The molecule has 0 aliphatic heterocycles. The summed E-state index contributed by atoms with van der Waals surface area (Å²) in [4.78, 5) is 21.3. The Labute approximate surface area is 190 Å². The van der Waals surface area contributed by atoms with Gasteiger partial charge in [-0.3, -0.25) is 9.69 Å². The average molecular weight is 475 g/mol. The van der Waals surface area contributed by atoms with Gasteiger partial charge in [0.25, 0.3) is 5.91 Å². The molecule has 0 aliphatic carbocycles. The van der Waals surface area contributed by atoms with Crippen LogP contribution in [0.25, 0.3) is 10.2 Å². The van der Waals surface area contributed by atoms with E-state index in [9.17, 15) is 4.79 Å². The summed E-state index contributed by atoms with van der Waals surface area (Å²) in [6, 6.07) is 12.5. The fraction of sp³-hybridized carbons (Fsp3) is 0.300. The number of aromatic nitrogens is 1. The average Bonchev–Trinajstić information content (AvgIpc) is 3.07. The van der Waals surface area contributed by atoms with Gasteiger partial charge in [0, 0.05) is 16.6 Å². The van der Waals surface area contributed by atoms with E-state index < -0.39 is 0 Å². The van der Waals surface area contributed by atoms with Crippen LogP contribution in [-0.2, 0) is 4.79 Å². The lowest BCUT2D eigenvalue weighted by molar-refractivity contribution is -0.120. The predicted octanol–water partition coefficient (Wildman–Crippen LogP) is 5.39. The van der Waals surface area contributed by atoms with E-state index in [4.69, 9.17) is 27.9 Å². The molecule has 2 aromatic carbocycles. The van der Waals surface area contributed by atoms with Crippen molar-refractivity contribution in [2.24, 2.45) is 0 Å². The van der Waals surface area contributed by atoms with E-state index in [1.54, 1.807) is 35.2 Å². The lowest BCUT2D eigenvalue weighted by Crippen LogP contribution is -2.36. The van der Waals surface area contributed by atoms with Gasteiger partial charge in [0.1, 0.15) is 5.75 Å². The molecule has 0 unspecified atom stereocenters. The maximum atomic E-state index is 12.9. The molecule has 3 aromatic rings. The molecule has 3 rings (SSSR count). The monoisotopic (exact) mass is 473 g/mol. The summed E-state index contributed by atoms with van der Waals surface area (Å²) in [5.74, 6) is 0.459. The van der Waals surface area contributed by atoms with Crippen molar-refractivity contribution in [2.45, 2.75) is 6.42 Å². The van der Waals surface area contributed by atoms with E-state index in [-0.39, 0.29) is 24.9 Å². The van der Waals surface area contributed by atoms with Gasteiger partial charge in [-0.15, -0.1) is 12.4 Å². The van der Waals surface area contributed by atoms with E-state index in [1.807, 2.05) is 26.2 Å². The maximum absolute atomic E-state index is 12.9. The van der Waals surface area contributed by atoms with Crippen molar-refractivity contribution in [2.75, 3.05) is 38.7 Å². The first-order valence-corrected chi connectivity index (χ1v) is 10.4. The summed E-state index contributed by atoms with van der Waals surface area (Å²) >= 11 is 13.4. The van der Waals surface area contributed by atoms with Crippen LogP contribution in [-0.4, -0.2) is 49.6 Å². The number of fused-ring (bicyclic) bond motifs is 1. The number of nitrogens with zero attached hydrogens (tertiary/aromatic N) is 3. The molecule has 0 radical (unpaired) electrons. The molecule has 0 spiro atoms. The van der Waals surface area contributed by atoms with E-state index in [1.165, 1.54) is 11.3 Å². The number of carbonyl (C=O) groups is 1. The molecule has 1 aromatic heterocycles. The van der Waals surface area contributed by atoms with Crippen molar-refractivity contribution >= 4 is 68.2 Å². The molecule has 1 heterocycles. The number of rotatable bonds is 8. The molecule has 9 heteroatoms. The summed E-state index contributed by atoms with van der Waals surface area (Å²) < 4.78 is 6.59. The maximum Gasteiger partial charge on any atom is 0.266 e. The van der Waals surface area contributed by atoms with Crippen LogP contribution >= 0.6 is 46.9 Å². The first kappa shape index (κ1) is 23.7. The predicted molar refractivity (Wildman–Crippen MR) is 124 cm³/mol. The first-order valence-electron chi connectivity index (χ1n) is 8.82. The minimum atomic E-state index is -0.140. The number of benzene rings is 2. The van der Waals surface area contributed by atoms with Gasteiger partial charge in [0.2, 0.25) is 0 Å². The normalized spacial score (nSPS) is 10.8. The van der Waals surface area contributed by atoms with Crippen LogP contribution in [0.5, 0.6) is 5.75 Å². The number of ether oxygens (including phenoxy) is 1. The Morgan fingerprint density at radius 1 is 1.07 bits per heavy atom. The van der Waals surface area contributed by atoms with Crippen molar-refractivity contribution in [1.29, 1.82) is 0 Å². The standard InChI is InChI=1S/C20H21Cl2N3O2S.ClH/c1-24(2)10-3-11-25(19(26)13-27-16-7-4-14(21)5-8-16)20-23-17-9-6-15(22)12-18(17)28-20;/h4-9,12H,3,10-11,13H2,1-2H3;1H. The van der Waals surface area contributed by atoms with Crippen LogP contribution < -0.4 is 9.64 Å². The molecule has 5 nitrogen and oxygen atoms in total. The number of hydrogen-bond donors (Lipinski definition) is 0. The van der Waals surface area contributed by atoms with Gasteiger partial charge in [-0.25, -0.2) is 4.98 Å². The minimum Gasteiger partial charge on any atom is -0.484 e. The highest BCUT2D eigenvalue weighted by Crippen LogP contribution is 2.31. The number of hydrogen-bond acceptors (Lipinski definition) is 5. The zero-order chi connectivity index (χ0) is 20.1. The fourth-order valence-electron chi connectivity index (χ4n) is 2.63. The van der Waals surface area contributed by atoms with Gasteiger partial charge in [-0.2, -0.15) is 0 Å². The third kappa shape index (κ3) is 6.73. The molecule has 0 saturated carbocycles. The molecule has 0 bridgehead atoms. The van der Waals surface area contributed by atoms with Crippen LogP contribution in [0.15, 0.2) is 42.5 Å². The third-order valence-electron chi connectivity index (χ3n) is 4.03. The Kier molecular flexibility index (Phi) is 8.99. The van der Waals surface area contributed by atoms with Gasteiger partial charge < -0.3 is 9.64 Å². The zero-order valence-corrected chi connectivity index (χ0v) is 19.2. The summed E-state index contributed by atoms with van der Waals surface area (Å²) in [6.45, 7) is 1.37. The molecule has 0 N–H and O–H groups in total. The Morgan fingerprint density at radius 3 is 2.45 bits per heavy atom. The smallest absolute Gasteiger partial charge is 0.266 e. The van der Waals surface area contributed by atoms with Crippen LogP contribution in [0.1, 0.15) is 6.42 Å². The number of halogens is 3.